The second-order valence-corrected chi connectivity index (χ2v) is 7.40. The third-order valence-corrected chi connectivity index (χ3v) is 5.44. The summed E-state index contributed by atoms with van der Waals surface area (Å²) in [5.74, 6) is -0.283. The minimum Gasteiger partial charge on any atom is -0.396 e. The van der Waals surface area contributed by atoms with Gasteiger partial charge in [-0.3, -0.25) is 14.5 Å². The predicted molar refractivity (Wildman–Crippen MR) is 107 cm³/mol. The van der Waals surface area contributed by atoms with Gasteiger partial charge < -0.3 is 20.8 Å². The van der Waals surface area contributed by atoms with Gasteiger partial charge >= 0.3 is 0 Å². The topological polar surface area (TPSA) is 115 Å². The van der Waals surface area contributed by atoms with E-state index in [0.717, 1.165) is 43.4 Å². The molecule has 1 saturated heterocycles. The molecule has 3 heterocycles. The number of nitrogens with two attached hydrogens (primary N) is 1. The lowest BCUT2D eigenvalue weighted by molar-refractivity contribution is 0.0995. The van der Waals surface area contributed by atoms with E-state index in [2.05, 4.69) is 33.1 Å². The molecule has 2 aromatic heterocycles. The molecular formula is C21H23N4O3. The van der Waals surface area contributed by atoms with Crippen LogP contribution in [-0.2, 0) is 6.54 Å². The Balaban J connectivity index is 1.55. The van der Waals surface area contributed by atoms with Gasteiger partial charge in [-0.1, -0.05) is 6.07 Å². The molecule has 7 heteroatoms. The number of hydrogen-bond acceptors (Lipinski definition) is 4. The summed E-state index contributed by atoms with van der Waals surface area (Å²) < 4.78 is 0. The lowest BCUT2D eigenvalue weighted by atomic mass is 9.97. The van der Waals surface area contributed by atoms with Crippen molar-refractivity contribution in [3.63, 3.8) is 0 Å². The molecule has 0 spiro atoms. The van der Waals surface area contributed by atoms with Crippen LogP contribution in [0.1, 0.15) is 28.9 Å². The molecule has 5 N–H and O–H groups in total. The van der Waals surface area contributed by atoms with E-state index in [-0.39, 0.29) is 17.9 Å². The molecule has 1 radical (unpaired) electrons. The Labute approximate surface area is 162 Å². The first-order valence-corrected chi connectivity index (χ1v) is 9.43. The Morgan fingerprint density at radius 3 is 2.71 bits per heavy atom. The van der Waals surface area contributed by atoms with Gasteiger partial charge in [0.2, 0.25) is 0 Å². The molecule has 28 heavy (non-hydrogen) atoms. The Morgan fingerprint density at radius 2 is 2.04 bits per heavy atom. The summed E-state index contributed by atoms with van der Waals surface area (Å²) in [6, 6.07) is 12.4. The zero-order valence-electron chi connectivity index (χ0n) is 15.5. The van der Waals surface area contributed by atoms with Crippen molar-refractivity contribution in [3.05, 3.63) is 58.0 Å². The van der Waals surface area contributed by atoms with Gasteiger partial charge in [0.1, 0.15) is 5.69 Å². The zero-order valence-corrected chi connectivity index (χ0v) is 15.5. The number of aromatic nitrogens is 2. The summed E-state index contributed by atoms with van der Waals surface area (Å²) in [5.41, 5.74) is 8.00. The number of fused-ring (bicyclic) bond motifs is 1. The minimum absolute atomic E-state index is 0.0304. The number of aliphatic hydroxyl groups is 1. The van der Waals surface area contributed by atoms with Gasteiger partial charge in [-0.15, -0.1) is 0 Å². The molecule has 0 unspecified atom stereocenters. The van der Waals surface area contributed by atoms with E-state index >= 15 is 0 Å². The molecule has 3 aromatic rings. The molecular weight excluding hydrogens is 356 g/mol. The number of benzene rings is 1. The highest BCUT2D eigenvalue weighted by molar-refractivity contribution is 5.91. The van der Waals surface area contributed by atoms with Gasteiger partial charge in [0.25, 0.3) is 11.5 Å². The van der Waals surface area contributed by atoms with Gasteiger partial charge in [-0.05, 0) is 61.7 Å². The number of aromatic amines is 2. The maximum atomic E-state index is 12.3. The van der Waals surface area contributed by atoms with Crippen LogP contribution in [0.25, 0.3) is 22.2 Å². The molecule has 0 atom stereocenters. The van der Waals surface area contributed by atoms with E-state index in [1.165, 1.54) is 11.6 Å². The smallest absolute Gasteiger partial charge is 0.265 e. The van der Waals surface area contributed by atoms with Gasteiger partial charge in [-0.25, -0.2) is 0 Å². The second-order valence-electron chi connectivity index (χ2n) is 7.40. The SMILES string of the molecule is NC(=O)c1[c]cc(-c2cc3cc(CN4CCC(CO)CC4)ccc3[nH]2)c(=O)[nH]1. The number of nitrogens with one attached hydrogen (secondary N) is 2. The number of nitrogens with zero attached hydrogens (tertiary/aromatic N) is 1. The van der Waals surface area contributed by atoms with E-state index in [1.807, 2.05) is 12.1 Å². The van der Waals surface area contributed by atoms with Crippen LogP contribution in [0.5, 0.6) is 0 Å². The number of pyridine rings is 1. The van der Waals surface area contributed by atoms with Crippen LogP contribution in [-0.4, -0.2) is 45.6 Å². The lowest BCUT2D eigenvalue weighted by Gasteiger charge is -2.31. The molecule has 7 nitrogen and oxygen atoms in total. The van der Waals surface area contributed by atoms with E-state index in [9.17, 15) is 14.7 Å². The van der Waals surface area contributed by atoms with Gasteiger partial charge in [-0.2, -0.15) is 0 Å². The summed E-state index contributed by atoms with van der Waals surface area (Å²) in [4.78, 5) is 31.6. The summed E-state index contributed by atoms with van der Waals surface area (Å²) >= 11 is 0. The number of amides is 1. The zero-order chi connectivity index (χ0) is 19.7. The number of hydrogen-bond donors (Lipinski definition) is 4. The quantitative estimate of drug-likeness (QED) is 0.539. The minimum atomic E-state index is -0.715. The van der Waals surface area contributed by atoms with Gasteiger partial charge in [0.15, 0.2) is 0 Å². The van der Waals surface area contributed by atoms with Crippen LogP contribution >= 0.6 is 0 Å². The molecule has 1 amide bonds. The Morgan fingerprint density at radius 1 is 1.25 bits per heavy atom. The van der Waals surface area contributed by atoms with Crippen LogP contribution in [0.15, 0.2) is 35.1 Å². The van der Waals surface area contributed by atoms with Gasteiger partial charge in [0, 0.05) is 30.1 Å². The van der Waals surface area contributed by atoms with Crippen molar-refractivity contribution in [2.75, 3.05) is 19.7 Å². The van der Waals surface area contributed by atoms with Crippen LogP contribution in [0.4, 0.5) is 0 Å². The lowest BCUT2D eigenvalue weighted by Crippen LogP contribution is -2.34. The fourth-order valence-corrected chi connectivity index (χ4v) is 3.77. The summed E-state index contributed by atoms with van der Waals surface area (Å²) in [5, 5.41) is 10.3. The number of rotatable bonds is 5. The van der Waals surface area contributed by atoms with E-state index in [4.69, 9.17) is 5.73 Å². The Bertz CT molecular complexity index is 1060. The molecule has 0 saturated carbocycles. The Hall–Kier alpha value is -2.90. The Kier molecular flexibility index (Phi) is 5.02. The molecule has 1 aliphatic rings. The molecule has 145 valence electrons. The third kappa shape index (κ3) is 3.72. The van der Waals surface area contributed by atoms with Crippen molar-refractivity contribution in [3.8, 4) is 11.3 Å². The average Bonchev–Trinajstić information content (AvgIpc) is 3.11. The van der Waals surface area contributed by atoms with E-state index in [1.54, 1.807) is 0 Å². The summed E-state index contributed by atoms with van der Waals surface area (Å²) in [6.45, 7) is 3.15. The maximum absolute atomic E-state index is 12.3. The second kappa shape index (κ2) is 7.61. The molecule has 0 aliphatic carbocycles. The fraction of sp³-hybridized carbons (Fsp3) is 0.333. The van der Waals surface area contributed by atoms with Crippen molar-refractivity contribution >= 4 is 16.8 Å². The average molecular weight is 379 g/mol. The first-order chi connectivity index (χ1) is 13.5. The van der Waals surface area contributed by atoms with E-state index in [0.29, 0.717) is 17.2 Å². The normalized spacial score (nSPS) is 15.9. The number of likely N-dealkylation sites (tertiary alicyclic amines) is 1. The maximum Gasteiger partial charge on any atom is 0.265 e. The standard InChI is InChI=1S/C21H23N4O3/c22-20(27)18-4-2-16(21(28)24-18)19-10-15-9-14(1-3-17(15)23-19)11-25-7-5-13(12-26)6-8-25/h1-3,9-10,13,23,26H,5-8,11-12H2,(H2,22,27)(H,24,28). The third-order valence-electron chi connectivity index (χ3n) is 5.44. The van der Waals surface area contributed by atoms with Crippen molar-refractivity contribution in [1.82, 2.24) is 14.9 Å². The summed E-state index contributed by atoms with van der Waals surface area (Å²) in [7, 11) is 0. The highest BCUT2D eigenvalue weighted by Gasteiger charge is 2.18. The predicted octanol–water partition coefficient (Wildman–Crippen LogP) is 1.63. The molecule has 4 rings (SSSR count). The number of H-pyrrole nitrogens is 2. The number of aliphatic hydroxyl groups excluding tert-OH is 1. The first kappa shape index (κ1) is 18.5. The van der Waals surface area contributed by atoms with E-state index < -0.39 is 5.91 Å². The molecule has 1 fully saturated rings. The van der Waals surface area contributed by atoms with Crippen molar-refractivity contribution in [2.45, 2.75) is 19.4 Å². The number of piperidine rings is 1. The number of primary amides is 1. The van der Waals surface area contributed by atoms with Crippen LogP contribution in [0.3, 0.4) is 0 Å². The van der Waals surface area contributed by atoms with Crippen molar-refractivity contribution in [1.29, 1.82) is 0 Å². The number of carbonyl (C=O) groups is 1. The summed E-state index contributed by atoms with van der Waals surface area (Å²) in [6.07, 6.45) is 2.07. The monoisotopic (exact) mass is 379 g/mol. The van der Waals surface area contributed by atoms with Gasteiger partial charge in [0.05, 0.1) is 11.3 Å². The first-order valence-electron chi connectivity index (χ1n) is 9.43. The van der Waals surface area contributed by atoms with Crippen LogP contribution in [0.2, 0.25) is 0 Å². The van der Waals surface area contributed by atoms with Crippen LogP contribution in [0, 0.1) is 12.0 Å². The van der Waals surface area contributed by atoms with Crippen molar-refractivity contribution < 1.29 is 9.90 Å². The number of carbonyl (C=O) groups excluding carboxylic acids is 1. The largest absolute Gasteiger partial charge is 0.396 e. The molecule has 1 aromatic carbocycles. The van der Waals surface area contributed by atoms with Crippen LogP contribution < -0.4 is 11.3 Å². The highest BCUT2D eigenvalue weighted by atomic mass is 16.3. The molecule has 1 aliphatic heterocycles. The highest BCUT2D eigenvalue weighted by Crippen LogP contribution is 2.24. The molecule has 0 bridgehead atoms. The fourth-order valence-electron chi connectivity index (χ4n) is 3.77. The van der Waals surface area contributed by atoms with Crippen molar-refractivity contribution in [2.24, 2.45) is 11.7 Å².